The Morgan fingerprint density at radius 3 is 2.64 bits per heavy atom. The van der Waals surface area contributed by atoms with E-state index < -0.39 is 0 Å². The van der Waals surface area contributed by atoms with Crippen molar-refractivity contribution >= 4 is 29.2 Å². The van der Waals surface area contributed by atoms with Gasteiger partial charge >= 0.3 is 0 Å². The molecule has 0 saturated carbocycles. The summed E-state index contributed by atoms with van der Waals surface area (Å²) >= 11 is 6.05. The first-order valence-corrected chi connectivity index (χ1v) is 7.12. The van der Waals surface area contributed by atoms with Crippen LogP contribution >= 0.6 is 11.6 Å². The molecule has 2 amide bonds. The summed E-state index contributed by atoms with van der Waals surface area (Å²) in [7, 11) is 0. The Bertz CT molecular complexity index is 656. The molecule has 0 fully saturated rings. The highest BCUT2D eigenvalue weighted by Gasteiger charge is 2.23. The summed E-state index contributed by atoms with van der Waals surface area (Å²) in [5.41, 5.74) is 0.368. The first-order valence-electron chi connectivity index (χ1n) is 6.74. The van der Waals surface area contributed by atoms with Gasteiger partial charge in [-0.3, -0.25) is 9.59 Å². The monoisotopic (exact) mass is 321 g/mol. The number of rotatable bonds is 5. The van der Waals surface area contributed by atoms with Gasteiger partial charge < -0.3 is 14.7 Å². The standard InChI is InChI=1S/C15H16ClN3O3/c1-10(2)19(9-14(20)17-13-7-8-22-18-13)15(21)11-5-3-4-6-12(11)16/h3-8,10H,9H2,1-2H3,(H,17,18,20). The molecule has 6 nitrogen and oxygen atoms in total. The van der Waals surface area contributed by atoms with Crippen LogP contribution in [0.2, 0.25) is 5.02 Å². The predicted octanol–water partition coefficient (Wildman–Crippen LogP) is 2.82. The van der Waals surface area contributed by atoms with Gasteiger partial charge in [0.15, 0.2) is 5.82 Å². The topological polar surface area (TPSA) is 75.4 Å². The largest absolute Gasteiger partial charge is 0.363 e. The van der Waals surface area contributed by atoms with Crippen molar-refractivity contribution in [2.75, 3.05) is 11.9 Å². The summed E-state index contributed by atoms with van der Waals surface area (Å²) in [5.74, 6) is -0.349. The minimum atomic E-state index is -0.358. The van der Waals surface area contributed by atoms with Crippen LogP contribution in [0.1, 0.15) is 24.2 Å². The maximum absolute atomic E-state index is 12.6. The second-order valence-electron chi connectivity index (χ2n) is 4.94. The van der Waals surface area contributed by atoms with Crippen molar-refractivity contribution in [3.63, 3.8) is 0 Å². The highest BCUT2D eigenvalue weighted by atomic mass is 35.5. The summed E-state index contributed by atoms with van der Waals surface area (Å²) in [4.78, 5) is 26.0. The first-order chi connectivity index (χ1) is 10.5. The first kappa shape index (κ1) is 16.0. The molecular weight excluding hydrogens is 306 g/mol. The summed E-state index contributed by atoms with van der Waals surface area (Å²) < 4.78 is 4.64. The molecular formula is C15H16ClN3O3. The van der Waals surface area contributed by atoms with Gasteiger partial charge in [-0.2, -0.15) is 0 Å². The summed E-state index contributed by atoms with van der Waals surface area (Å²) in [6.07, 6.45) is 1.35. The van der Waals surface area contributed by atoms with E-state index in [2.05, 4.69) is 15.0 Å². The Balaban J connectivity index is 2.11. The Morgan fingerprint density at radius 1 is 1.32 bits per heavy atom. The second kappa shape index (κ2) is 7.09. The molecule has 0 bridgehead atoms. The number of nitrogens with one attached hydrogen (secondary N) is 1. The lowest BCUT2D eigenvalue weighted by atomic mass is 10.1. The van der Waals surface area contributed by atoms with Gasteiger partial charge in [-0.05, 0) is 26.0 Å². The van der Waals surface area contributed by atoms with Crippen LogP contribution in [0.25, 0.3) is 0 Å². The number of carbonyl (C=O) groups excluding carboxylic acids is 2. The smallest absolute Gasteiger partial charge is 0.256 e. The number of hydrogen-bond donors (Lipinski definition) is 1. The minimum Gasteiger partial charge on any atom is -0.363 e. The average molecular weight is 322 g/mol. The van der Waals surface area contributed by atoms with Crippen LogP contribution in [-0.2, 0) is 4.79 Å². The molecule has 2 rings (SSSR count). The van der Waals surface area contributed by atoms with Gasteiger partial charge in [0.2, 0.25) is 5.91 Å². The van der Waals surface area contributed by atoms with Crippen molar-refractivity contribution in [2.45, 2.75) is 19.9 Å². The van der Waals surface area contributed by atoms with Crippen LogP contribution in [0.4, 0.5) is 5.82 Å². The molecule has 1 heterocycles. The van der Waals surface area contributed by atoms with E-state index in [9.17, 15) is 9.59 Å². The van der Waals surface area contributed by atoms with Gasteiger partial charge in [0, 0.05) is 12.1 Å². The maximum Gasteiger partial charge on any atom is 0.256 e. The van der Waals surface area contributed by atoms with Crippen LogP contribution < -0.4 is 5.32 Å². The van der Waals surface area contributed by atoms with Crippen LogP contribution in [0.3, 0.4) is 0 Å². The molecule has 0 aliphatic carbocycles. The zero-order chi connectivity index (χ0) is 16.1. The Labute approximate surface area is 133 Å². The summed E-state index contributed by atoms with van der Waals surface area (Å²) in [6.45, 7) is 3.56. The molecule has 1 aromatic carbocycles. The highest BCUT2D eigenvalue weighted by Crippen LogP contribution is 2.18. The lowest BCUT2D eigenvalue weighted by Crippen LogP contribution is -2.42. The number of nitrogens with zero attached hydrogens (tertiary/aromatic N) is 2. The number of amides is 2. The summed E-state index contributed by atoms with van der Waals surface area (Å²) in [6, 6.07) is 8.11. The van der Waals surface area contributed by atoms with Crippen LogP contribution in [-0.4, -0.2) is 34.5 Å². The SMILES string of the molecule is CC(C)N(CC(=O)Nc1ccon1)C(=O)c1ccccc1Cl. The van der Waals surface area contributed by atoms with Gasteiger partial charge in [-0.25, -0.2) is 0 Å². The molecule has 0 radical (unpaired) electrons. The third-order valence-corrected chi connectivity index (χ3v) is 3.34. The van der Waals surface area contributed by atoms with E-state index in [1.54, 1.807) is 24.3 Å². The molecule has 0 aliphatic heterocycles. The molecule has 7 heteroatoms. The fraction of sp³-hybridized carbons (Fsp3) is 0.267. The molecule has 116 valence electrons. The van der Waals surface area contributed by atoms with Crippen molar-refractivity contribution in [1.29, 1.82) is 0 Å². The molecule has 0 atom stereocenters. The van der Waals surface area contributed by atoms with Crippen LogP contribution in [0, 0.1) is 0 Å². The fourth-order valence-electron chi connectivity index (χ4n) is 1.89. The molecule has 22 heavy (non-hydrogen) atoms. The van der Waals surface area contributed by atoms with Crippen molar-refractivity contribution in [3.05, 3.63) is 47.2 Å². The average Bonchev–Trinajstić information content (AvgIpc) is 2.97. The zero-order valence-corrected chi connectivity index (χ0v) is 13.0. The quantitative estimate of drug-likeness (QED) is 0.918. The third-order valence-electron chi connectivity index (χ3n) is 3.01. The Kier molecular flexibility index (Phi) is 5.16. The number of carbonyl (C=O) groups is 2. The number of anilines is 1. The normalized spacial score (nSPS) is 10.5. The van der Waals surface area contributed by atoms with Crippen LogP contribution in [0.5, 0.6) is 0 Å². The Hall–Kier alpha value is -2.34. The molecule has 0 spiro atoms. The van der Waals surface area contributed by atoms with E-state index in [1.165, 1.54) is 17.2 Å². The fourth-order valence-corrected chi connectivity index (χ4v) is 2.11. The van der Waals surface area contributed by atoms with Gasteiger partial charge in [0.25, 0.3) is 5.91 Å². The van der Waals surface area contributed by atoms with Gasteiger partial charge in [0.1, 0.15) is 12.8 Å². The molecule has 0 saturated heterocycles. The van der Waals surface area contributed by atoms with Gasteiger partial charge in [-0.15, -0.1) is 0 Å². The highest BCUT2D eigenvalue weighted by molar-refractivity contribution is 6.33. The van der Waals surface area contributed by atoms with Crippen molar-refractivity contribution in [3.8, 4) is 0 Å². The van der Waals surface area contributed by atoms with E-state index in [4.69, 9.17) is 11.6 Å². The Morgan fingerprint density at radius 2 is 2.05 bits per heavy atom. The lowest BCUT2D eigenvalue weighted by molar-refractivity contribution is -0.117. The zero-order valence-electron chi connectivity index (χ0n) is 12.2. The third kappa shape index (κ3) is 3.85. The molecule has 1 N–H and O–H groups in total. The second-order valence-corrected chi connectivity index (χ2v) is 5.35. The number of halogens is 1. The van der Waals surface area contributed by atoms with E-state index in [0.717, 1.165) is 0 Å². The van der Waals surface area contributed by atoms with Crippen LogP contribution in [0.15, 0.2) is 41.1 Å². The van der Waals surface area contributed by atoms with E-state index >= 15 is 0 Å². The van der Waals surface area contributed by atoms with Crippen molar-refractivity contribution < 1.29 is 14.1 Å². The van der Waals surface area contributed by atoms with Crippen molar-refractivity contribution in [1.82, 2.24) is 10.1 Å². The molecule has 0 aliphatic rings. The molecule has 0 unspecified atom stereocenters. The predicted molar refractivity (Wildman–Crippen MR) is 82.8 cm³/mol. The summed E-state index contributed by atoms with van der Waals surface area (Å²) in [5, 5.41) is 6.51. The molecule has 2 aromatic rings. The number of benzene rings is 1. The van der Waals surface area contributed by atoms with E-state index in [0.29, 0.717) is 16.4 Å². The number of aromatic nitrogens is 1. The van der Waals surface area contributed by atoms with Crippen molar-refractivity contribution in [2.24, 2.45) is 0 Å². The molecule has 1 aromatic heterocycles. The van der Waals surface area contributed by atoms with Gasteiger partial charge in [-0.1, -0.05) is 28.9 Å². The van der Waals surface area contributed by atoms with E-state index in [-0.39, 0.29) is 24.4 Å². The maximum atomic E-state index is 12.6. The van der Waals surface area contributed by atoms with E-state index in [1.807, 2.05) is 13.8 Å². The van der Waals surface area contributed by atoms with Gasteiger partial charge in [0.05, 0.1) is 10.6 Å². The number of hydrogen-bond acceptors (Lipinski definition) is 4. The minimum absolute atomic E-state index is 0.103. The lowest BCUT2D eigenvalue weighted by Gasteiger charge is -2.26.